The molecule has 3 heterocycles. The Bertz CT molecular complexity index is 1000. The summed E-state index contributed by atoms with van der Waals surface area (Å²) in [4.78, 5) is 27.8. The van der Waals surface area contributed by atoms with Crippen LogP contribution in [0.1, 0.15) is 40.6 Å². The molecule has 1 aliphatic heterocycles. The molecule has 1 aliphatic rings. The van der Waals surface area contributed by atoms with Crippen molar-refractivity contribution in [3.63, 3.8) is 0 Å². The Morgan fingerprint density at radius 1 is 1.17 bits per heavy atom. The lowest BCUT2D eigenvalue weighted by Crippen LogP contribution is -2.39. The molecule has 1 aromatic carbocycles. The van der Waals surface area contributed by atoms with Crippen molar-refractivity contribution < 1.29 is 4.79 Å². The van der Waals surface area contributed by atoms with Crippen molar-refractivity contribution in [2.45, 2.75) is 25.7 Å². The van der Waals surface area contributed by atoms with E-state index in [0.717, 1.165) is 52.7 Å². The van der Waals surface area contributed by atoms with Crippen LogP contribution in [-0.2, 0) is 0 Å². The monoisotopic (exact) mass is 406 g/mol. The Labute approximate surface area is 176 Å². The second-order valence-corrected chi connectivity index (χ2v) is 8.71. The van der Waals surface area contributed by atoms with Gasteiger partial charge in [0.25, 0.3) is 5.91 Å². The highest BCUT2D eigenvalue weighted by Crippen LogP contribution is 2.29. The Kier molecular flexibility index (Phi) is 5.62. The van der Waals surface area contributed by atoms with E-state index >= 15 is 0 Å². The van der Waals surface area contributed by atoms with Crippen LogP contribution in [0.5, 0.6) is 0 Å². The molecule has 0 N–H and O–H groups in total. The van der Waals surface area contributed by atoms with Crippen molar-refractivity contribution in [1.82, 2.24) is 14.9 Å². The van der Waals surface area contributed by atoms with Crippen LogP contribution in [0.25, 0.3) is 10.6 Å². The lowest BCUT2D eigenvalue weighted by Gasteiger charge is -2.32. The number of amides is 1. The highest BCUT2D eigenvalue weighted by molar-refractivity contribution is 7.13. The normalized spacial score (nSPS) is 16.7. The van der Waals surface area contributed by atoms with Gasteiger partial charge in [-0.1, -0.05) is 12.1 Å². The van der Waals surface area contributed by atoms with Crippen LogP contribution in [0.15, 0.2) is 47.8 Å². The molecule has 5 nitrogen and oxygen atoms in total. The van der Waals surface area contributed by atoms with Crippen molar-refractivity contribution in [1.29, 1.82) is 0 Å². The predicted molar refractivity (Wildman–Crippen MR) is 119 cm³/mol. The molecule has 1 fully saturated rings. The maximum atomic E-state index is 13.1. The minimum atomic E-state index is 0.0875. The SMILES string of the molecule is Cc1cc(-c2cccs2)nc([C@H]2CCCN(C(=O)c3cccc(N(C)C)c3)C2)n1. The lowest BCUT2D eigenvalue weighted by molar-refractivity contribution is 0.0704. The molecule has 0 saturated carbocycles. The van der Waals surface area contributed by atoms with Gasteiger partial charge in [0.05, 0.1) is 10.6 Å². The molecule has 0 unspecified atom stereocenters. The molecule has 0 spiro atoms. The van der Waals surface area contributed by atoms with Gasteiger partial charge in [-0.15, -0.1) is 11.3 Å². The van der Waals surface area contributed by atoms with Crippen LogP contribution < -0.4 is 4.90 Å². The fourth-order valence-electron chi connectivity index (χ4n) is 3.80. The summed E-state index contributed by atoms with van der Waals surface area (Å²) in [6.07, 6.45) is 1.98. The van der Waals surface area contributed by atoms with Gasteiger partial charge in [-0.3, -0.25) is 4.79 Å². The molecule has 150 valence electrons. The highest BCUT2D eigenvalue weighted by atomic mass is 32.1. The van der Waals surface area contributed by atoms with E-state index in [9.17, 15) is 4.79 Å². The third-order valence-corrected chi connectivity index (χ3v) is 6.22. The average molecular weight is 407 g/mol. The molecule has 0 radical (unpaired) electrons. The summed E-state index contributed by atoms with van der Waals surface area (Å²) in [5.74, 6) is 1.11. The quantitative estimate of drug-likeness (QED) is 0.635. The van der Waals surface area contributed by atoms with E-state index in [4.69, 9.17) is 9.97 Å². The van der Waals surface area contributed by atoms with Gasteiger partial charge < -0.3 is 9.80 Å². The highest BCUT2D eigenvalue weighted by Gasteiger charge is 2.28. The fraction of sp³-hybridized carbons (Fsp3) is 0.348. The van der Waals surface area contributed by atoms with Crippen LogP contribution in [0.4, 0.5) is 5.69 Å². The molecule has 6 heteroatoms. The number of rotatable bonds is 4. The summed E-state index contributed by atoms with van der Waals surface area (Å²) in [5, 5.41) is 2.06. The number of nitrogens with zero attached hydrogens (tertiary/aromatic N) is 4. The zero-order valence-electron chi connectivity index (χ0n) is 17.1. The Hall–Kier alpha value is -2.73. The number of carbonyl (C=O) groups is 1. The molecule has 1 saturated heterocycles. The third kappa shape index (κ3) is 4.32. The maximum Gasteiger partial charge on any atom is 0.253 e. The number of carbonyl (C=O) groups excluding carboxylic acids is 1. The van der Waals surface area contributed by atoms with E-state index in [0.29, 0.717) is 6.54 Å². The predicted octanol–water partition coefficient (Wildman–Crippen LogP) is 4.60. The van der Waals surface area contributed by atoms with Gasteiger partial charge in [-0.05, 0) is 55.5 Å². The number of hydrogen-bond acceptors (Lipinski definition) is 5. The first-order chi connectivity index (χ1) is 14.0. The van der Waals surface area contributed by atoms with E-state index < -0.39 is 0 Å². The van der Waals surface area contributed by atoms with Crippen LogP contribution in [0.3, 0.4) is 0 Å². The summed E-state index contributed by atoms with van der Waals surface area (Å²) in [6.45, 7) is 3.46. The van der Waals surface area contributed by atoms with Crippen LogP contribution in [-0.4, -0.2) is 48.0 Å². The van der Waals surface area contributed by atoms with Crippen LogP contribution >= 0.6 is 11.3 Å². The topological polar surface area (TPSA) is 49.3 Å². The van der Waals surface area contributed by atoms with Gasteiger partial charge in [0, 0.05) is 50.0 Å². The van der Waals surface area contributed by atoms with Gasteiger partial charge in [0.15, 0.2) is 0 Å². The fourth-order valence-corrected chi connectivity index (χ4v) is 4.48. The van der Waals surface area contributed by atoms with Crippen LogP contribution in [0, 0.1) is 6.92 Å². The lowest BCUT2D eigenvalue weighted by atomic mass is 9.96. The molecule has 0 bridgehead atoms. The first kappa shape index (κ1) is 19.6. The van der Waals surface area contributed by atoms with E-state index in [-0.39, 0.29) is 11.8 Å². The number of piperidine rings is 1. The van der Waals surface area contributed by atoms with E-state index in [1.165, 1.54) is 0 Å². The average Bonchev–Trinajstić information content (AvgIpc) is 3.28. The van der Waals surface area contributed by atoms with Crippen molar-refractivity contribution in [3.8, 4) is 10.6 Å². The van der Waals surface area contributed by atoms with Gasteiger partial charge in [0.1, 0.15) is 5.82 Å². The molecule has 1 amide bonds. The maximum absolute atomic E-state index is 13.1. The first-order valence-corrected chi connectivity index (χ1v) is 10.9. The summed E-state index contributed by atoms with van der Waals surface area (Å²) in [6, 6.07) is 14.0. The molecule has 2 aromatic heterocycles. The Morgan fingerprint density at radius 2 is 2.03 bits per heavy atom. The molecule has 29 heavy (non-hydrogen) atoms. The summed E-state index contributed by atoms with van der Waals surface area (Å²) in [7, 11) is 3.97. The Morgan fingerprint density at radius 3 is 2.79 bits per heavy atom. The largest absolute Gasteiger partial charge is 0.378 e. The minimum Gasteiger partial charge on any atom is -0.378 e. The number of likely N-dealkylation sites (tertiary alicyclic amines) is 1. The van der Waals surface area contributed by atoms with Gasteiger partial charge in [-0.25, -0.2) is 9.97 Å². The molecule has 0 aliphatic carbocycles. The molecular formula is C23H26N4OS. The van der Waals surface area contributed by atoms with Gasteiger partial charge in [-0.2, -0.15) is 0 Å². The zero-order chi connectivity index (χ0) is 20.4. The van der Waals surface area contributed by atoms with Crippen LogP contribution in [0.2, 0.25) is 0 Å². The summed E-state index contributed by atoms with van der Waals surface area (Å²) >= 11 is 1.69. The van der Waals surface area contributed by atoms with Crippen molar-refractivity contribution in [2.24, 2.45) is 0 Å². The summed E-state index contributed by atoms with van der Waals surface area (Å²) in [5.41, 5.74) is 3.72. The smallest absolute Gasteiger partial charge is 0.253 e. The number of benzene rings is 1. The number of thiophene rings is 1. The standard InChI is InChI=1S/C23H26N4OS/c1-16-13-20(21-10-6-12-29-21)25-22(24-16)18-8-5-11-27(15-18)23(28)17-7-4-9-19(14-17)26(2)3/h4,6-7,9-10,12-14,18H,5,8,11,15H2,1-3H3/t18-/m0/s1. The molecular weight excluding hydrogens is 380 g/mol. The second kappa shape index (κ2) is 8.33. The Balaban J connectivity index is 1.56. The third-order valence-electron chi connectivity index (χ3n) is 5.33. The van der Waals surface area contributed by atoms with E-state index in [2.05, 4.69) is 11.4 Å². The summed E-state index contributed by atoms with van der Waals surface area (Å²) < 4.78 is 0. The number of aromatic nitrogens is 2. The molecule has 3 aromatic rings. The second-order valence-electron chi connectivity index (χ2n) is 7.77. The molecule has 1 atom stereocenters. The van der Waals surface area contributed by atoms with E-state index in [1.54, 1.807) is 11.3 Å². The van der Waals surface area contributed by atoms with E-state index in [1.807, 2.05) is 67.2 Å². The van der Waals surface area contributed by atoms with Crippen molar-refractivity contribution in [2.75, 3.05) is 32.1 Å². The number of anilines is 1. The van der Waals surface area contributed by atoms with Crippen molar-refractivity contribution >= 4 is 22.9 Å². The zero-order valence-corrected chi connectivity index (χ0v) is 17.9. The van der Waals surface area contributed by atoms with Gasteiger partial charge >= 0.3 is 0 Å². The molecule has 4 rings (SSSR count). The first-order valence-electron chi connectivity index (χ1n) is 9.97. The number of aryl methyl sites for hydroxylation is 1. The van der Waals surface area contributed by atoms with Gasteiger partial charge in [0.2, 0.25) is 0 Å². The minimum absolute atomic E-state index is 0.0875. The number of hydrogen-bond donors (Lipinski definition) is 0. The van der Waals surface area contributed by atoms with Crippen molar-refractivity contribution in [3.05, 3.63) is 64.9 Å².